The van der Waals surface area contributed by atoms with Gasteiger partial charge in [-0.15, -0.1) is 0 Å². The monoisotopic (exact) mass is 351 g/mol. The van der Waals surface area contributed by atoms with Crippen LogP contribution < -0.4 is 15.1 Å². The molecular weight excluding hydrogens is 326 g/mol. The van der Waals surface area contributed by atoms with Crippen molar-refractivity contribution < 1.29 is 9.59 Å². The standard InChI is InChI=1S/C21H25N3O2/c1-14-6-5-7-15(2)20(14)24-13-16(12-19(24)25)21(26)22-17-8-10-18(11-9-17)23(3)4/h5-11,16H,12-13H2,1-4H3,(H,22,26). The van der Waals surface area contributed by atoms with Crippen molar-refractivity contribution in [1.82, 2.24) is 0 Å². The molecule has 1 aliphatic heterocycles. The molecule has 1 aliphatic rings. The van der Waals surface area contributed by atoms with Crippen molar-refractivity contribution in [2.45, 2.75) is 20.3 Å². The highest BCUT2D eigenvalue weighted by Crippen LogP contribution is 2.31. The Balaban J connectivity index is 1.71. The fourth-order valence-corrected chi connectivity index (χ4v) is 3.42. The first-order valence-corrected chi connectivity index (χ1v) is 8.81. The zero-order valence-corrected chi connectivity index (χ0v) is 15.7. The van der Waals surface area contributed by atoms with Gasteiger partial charge >= 0.3 is 0 Å². The third kappa shape index (κ3) is 3.57. The average Bonchev–Trinajstić information content (AvgIpc) is 2.97. The Morgan fingerprint density at radius 3 is 2.27 bits per heavy atom. The highest BCUT2D eigenvalue weighted by atomic mass is 16.2. The summed E-state index contributed by atoms with van der Waals surface area (Å²) in [5, 5.41) is 2.94. The first-order valence-electron chi connectivity index (χ1n) is 8.81. The number of nitrogens with zero attached hydrogens (tertiary/aromatic N) is 2. The number of hydrogen-bond donors (Lipinski definition) is 1. The molecule has 2 aromatic carbocycles. The van der Waals surface area contributed by atoms with E-state index in [1.165, 1.54) is 0 Å². The van der Waals surface area contributed by atoms with E-state index in [1.807, 2.05) is 75.3 Å². The van der Waals surface area contributed by atoms with Gasteiger partial charge in [0.2, 0.25) is 11.8 Å². The maximum absolute atomic E-state index is 12.6. The summed E-state index contributed by atoms with van der Waals surface area (Å²) in [4.78, 5) is 28.9. The molecule has 1 saturated heterocycles. The van der Waals surface area contributed by atoms with Gasteiger partial charge in [-0.2, -0.15) is 0 Å². The van der Waals surface area contributed by atoms with Crippen LogP contribution in [-0.4, -0.2) is 32.5 Å². The van der Waals surface area contributed by atoms with Crippen molar-refractivity contribution in [2.24, 2.45) is 5.92 Å². The largest absolute Gasteiger partial charge is 0.378 e. The van der Waals surface area contributed by atoms with Gasteiger partial charge < -0.3 is 15.1 Å². The van der Waals surface area contributed by atoms with Crippen LogP contribution in [0.5, 0.6) is 0 Å². The van der Waals surface area contributed by atoms with Crippen LogP contribution in [-0.2, 0) is 9.59 Å². The van der Waals surface area contributed by atoms with Crippen molar-refractivity contribution in [3.63, 3.8) is 0 Å². The van der Waals surface area contributed by atoms with Crippen molar-refractivity contribution in [2.75, 3.05) is 35.8 Å². The quantitative estimate of drug-likeness (QED) is 0.919. The molecule has 2 amide bonds. The second kappa shape index (κ2) is 7.20. The van der Waals surface area contributed by atoms with Gasteiger partial charge in [-0.05, 0) is 49.2 Å². The molecule has 0 aromatic heterocycles. The number of benzene rings is 2. The number of aryl methyl sites for hydroxylation is 2. The predicted molar refractivity (Wildman–Crippen MR) is 106 cm³/mol. The lowest BCUT2D eigenvalue weighted by molar-refractivity contribution is -0.122. The number of para-hydroxylation sites is 1. The SMILES string of the molecule is Cc1cccc(C)c1N1CC(C(=O)Nc2ccc(N(C)C)cc2)CC1=O. The van der Waals surface area contributed by atoms with Crippen LogP contribution in [0.1, 0.15) is 17.5 Å². The van der Waals surface area contributed by atoms with E-state index >= 15 is 0 Å². The second-order valence-electron chi connectivity index (χ2n) is 7.08. The van der Waals surface area contributed by atoms with Gasteiger partial charge in [-0.25, -0.2) is 0 Å². The molecule has 5 heteroatoms. The van der Waals surface area contributed by atoms with Gasteiger partial charge in [0, 0.05) is 44.1 Å². The molecule has 136 valence electrons. The molecule has 1 heterocycles. The number of carbonyl (C=O) groups excluding carboxylic acids is 2. The summed E-state index contributed by atoms with van der Waals surface area (Å²) in [7, 11) is 3.94. The molecule has 1 N–H and O–H groups in total. The van der Waals surface area contributed by atoms with Crippen LogP contribution >= 0.6 is 0 Å². The number of anilines is 3. The second-order valence-corrected chi connectivity index (χ2v) is 7.08. The minimum Gasteiger partial charge on any atom is -0.378 e. The molecule has 1 atom stereocenters. The third-order valence-corrected chi connectivity index (χ3v) is 4.86. The van der Waals surface area contributed by atoms with E-state index in [1.54, 1.807) is 4.90 Å². The summed E-state index contributed by atoms with van der Waals surface area (Å²) in [5.74, 6) is -0.440. The average molecular weight is 351 g/mol. The smallest absolute Gasteiger partial charge is 0.229 e. The van der Waals surface area contributed by atoms with Gasteiger partial charge in [0.25, 0.3) is 0 Å². The lowest BCUT2D eigenvalue weighted by Crippen LogP contribution is -2.29. The molecule has 3 rings (SSSR count). The molecule has 5 nitrogen and oxygen atoms in total. The minimum absolute atomic E-state index is 0.00510. The van der Waals surface area contributed by atoms with E-state index in [-0.39, 0.29) is 24.2 Å². The zero-order valence-electron chi connectivity index (χ0n) is 15.7. The molecule has 1 fully saturated rings. The van der Waals surface area contributed by atoms with Gasteiger partial charge in [-0.1, -0.05) is 18.2 Å². The van der Waals surface area contributed by atoms with Crippen molar-refractivity contribution in [3.05, 3.63) is 53.6 Å². The number of rotatable bonds is 4. The third-order valence-electron chi connectivity index (χ3n) is 4.86. The Hall–Kier alpha value is -2.82. The molecule has 0 spiro atoms. The minimum atomic E-state index is -0.338. The Morgan fingerprint density at radius 2 is 1.69 bits per heavy atom. The fraction of sp³-hybridized carbons (Fsp3) is 0.333. The molecule has 0 bridgehead atoms. The lowest BCUT2D eigenvalue weighted by atomic mass is 10.1. The van der Waals surface area contributed by atoms with Gasteiger partial charge in [0.15, 0.2) is 0 Å². The maximum Gasteiger partial charge on any atom is 0.229 e. The van der Waals surface area contributed by atoms with E-state index in [0.29, 0.717) is 6.54 Å². The van der Waals surface area contributed by atoms with Crippen LogP contribution in [0.2, 0.25) is 0 Å². The van der Waals surface area contributed by atoms with Gasteiger partial charge in [0.1, 0.15) is 0 Å². The molecule has 0 aliphatic carbocycles. The highest BCUT2D eigenvalue weighted by Gasteiger charge is 2.36. The van der Waals surface area contributed by atoms with Gasteiger partial charge in [-0.3, -0.25) is 9.59 Å². The van der Waals surface area contributed by atoms with Crippen molar-refractivity contribution >= 4 is 28.9 Å². The molecule has 2 aromatic rings. The van der Waals surface area contributed by atoms with E-state index in [9.17, 15) is 9.59 Å². The summed E-state index contributed by atoms with van der Waals surface area (Å²) in [6.07, 6.45) is 0.245. The lowest BCUT2D eigenvalue weighted by Gasteiger charge is -2.21. The summed E-state index contributed by atoms with van der Waals surface area (Å²) in [6, 6.07) is 13.7. The first-order chi connectivity index (χ1) is 12.4. The Labute approximate surface area is 154 Å². The normalized spacial score (nSPS) is 16.7. The predicted octanol–water partition coefficient (Wildman–Crippen LogP) is 3.36. The number of carbonyl (C=O) groups is 2. The number of hydrogen-bond acceptors (Lipinski definition) is 3. The number of nitrogens with one attached hydrogen (secondary N) is 1. The number of amides is 2. The fourth-order valence-electron chi connectivity index (χ4n) is 3.42. The summed E-state index contributed by atoms with van der Waals surface area (Å²) in [6.45, 7) is 4.41. The van der Waals surface area contributed by atoms with Crippen LogP contribution in [0.3, 0.4) is 0 Å². The Bertz CT molecular complexity index is 807. The molecule has 0 saturated carbocycles. The topological polar surface area (TPSA) is 52.7 Å². The van der Waals surface area contributed by atoms with Crippen molar-refractivity contribution in [3.8, 4) is 0 Å². The summed E-state index contributed by atoms with van der Waals surface area (Å²) >= 11 is 0. The summed E-state index contributed by atoms with van der Waals surface area (Å²) in [5.41, 5.74) is 4.86. The first kappa shape index (κ1) is 18.0. The Kier molecular flexibility index (Phi) is 4.98. The molecule has 26 heavy (non-hydrogen) atoms. The van der Waals surface area contributed by atoms with Gasteiger partial charge in [0.05, 0.1) is 5.92 Å². The Morgan fingerprint density at radius 1 is 1.08 bits per heavy atom. The zero-order chi connectivity index (χ0) is 18.8. The van der Waals surface area contributed by atoms with E-state index < -0.39 is 0 Å². The molecule has 1 unspecified atom stereocenters. The van der Waals surface area contributed by atoms with E-state index in [2.05, 4.69) is 5.32 Å². The molecule has 0 radical (unpaired) electrons. The van der Waals surface area contributed by atoms with Crippen molar-refractivity contribution in [1.29, 1.82) is 0 Å². The van der Waals surface area contributed by atoms with E-state index in [4.69, 9.17) is 0 Å². The van der Waals surface area contributed by atoms with Crippen LogP contribution in [0, 0.1) is 19.8 Å². The summed E-state index contributed by atoms with van der Waals surface area (Å²) < 4.78 is 0. The highest BCUT2D eigenvalue weighted by molar-refractivity contribution is 6.04. The maximum atomic E-state index is 12.6. The van der Waals surface area contributed by atoms with Crippen LogP contribution in [0.25, 0.3) is 0 Å². The molecular formula is C21H25N3O2. The van der Waals surface area contributed by atoms with Crippen LogP contribution in [0.15, 0.2) is 42.5 Å². The van der Waals surface area contributed by atoms with Crippen LogP contribution in [0.4, 0.5) is 17.1 Å². The van der Waals surface area contributed by atoms with E-state index in [0.717, 1.165) is 28.2 Å².